The molecule has 1 amide bonds. The van der Waals surface area contributed by atoms with Crippen LogP contribution in [0.25, 0.3) is 0 Å². The molecule has 0 bridgehead atoms. The molecule has 0 spiro atoms. The van der Waals surface area contributed by atoms with Crippen molar-refractivity contribution in [3.05, 3.63) is 71.3 Å². The maximum Gasteiger partial charge on any atom is 0.256 e. The molecule has 0 saturated carbocycles. The predicted octanol–water partition coefficient (Wildman–Crippen LogP) is 2.61. The van der Waals surface area contributed by atoms with Gasteiger partial charge in [0, 0.05) is 31.7 Å². The van der Waals surface area contributed by atoms with Crippen molar-refractivity contribution in [3.63, 3.8) is 0 Å². The van der Waals surface area contributed by atoms with Crippen LogP contribution in [-0.2, 0) is 17.9 Å². The molecule has 0 unspecified atom stereocenters. The molecule has 1 heterocycles. The first-order chi connectivity index (χ1) is 12.5. The topological polar surface area (TPSA) is 52.6 Å². The van der Waals surface area contributed by atoms with Crippen molar-refractivity contribution in [3.8, 4) is 0 Å². The summed E-state index contributed by atoms with van der Waals surface area (Å²) in [7, 11) is 0. The third-order valence-corrected chi connectivity index (χ3v) is 4.69. The fraction of sp³-hybridized carbons (Fsp3) is 0.350. The fourth-order valence-corrected chi connectivity index (χ4v) is 3.27. The summed E-state index contributed by atoms with van der Waals surface area (Å²) in [5, 5.41) is 13.9. The number of piperidine rings is 1. The number of likely N-dealkylation sites (tertiary alicyclic amines) is 1. The second-order valence-electron chi connectivity index (χ2n) is 6.66. The summed E-state index contributed by atoms with van der Waals surface area (Å²) in [5.41, 5.74) is -0.366. The lowest BCUT2D eigenvalue weighted by Crippen LogP contribution is -2.57. The molecule has 1 fully saturated rings. The van der Waals surface area contributed by atoms with Crippen LogP contribution in [0, 0.1) is 11.6 Å². The Bertz CT molecular complexity index is 770. The lowest BCUT2D eigenvalue weighted by Gasteiger charge is -2.38. The Hall–Kier alpha value is -2.31. The lowest BCUT2D eigenvalue weighted by molar-refractivity contribution is -0.157. The van der Waals surface area contributed by atoms with Gasteiger partial charge in [-0.05, 0) is 24.5 Å². The molecule has 0 radical (unpaired) electrons. The molecule has 3 rings (SSSR count). The highest BCUT2D eigenvalue weighted by molar-refractivity contribution is 5.86. The van der Waals surface area contributed by atoms with E-state index >= 15 is 0 Å². The molecule has 26 heavy (non-hydrogen) atoms. The van der Waals surface area contributed by atoms with Crippen LogP contribution in [0.4, 0.5) is 8.78 Å². The Labute approximate surface area is 151 Å². The number of hydrogen-bond acceptors (Lipinski definition) is 3. The van der Waals surface area contributed by atoms with E-state index in [1.807, 2.05) is 30.3 Å². The van der Waals surface area contributed by atoms with Gasteiger partial charge >= 0.3 is 0 Å². The first-order valence-corrected chi connectivity index (χ1v) is 8.69. The second kappa shape index (κ2) is 7.93. The smallest absolute Gasteiger partial charge is 0.256 e. The average Bonchev–Trinajstić information content (AvgIpc) is 2.64. The third-order valence-electron chi connectivity index (χ3n) is 4.69. The number of aliphatic hydroxyl groups is 1. The van der Waals surface area contributed by atoms with Crippen molar-refractivity contribution in [2.75, 3.05) is 13.1 Å². The summed E-state index contributed by atoms with van der Waals surface area (Å²) in [6.07, 6.45) is 0.946. The van der Waals surface area contributed by atoms with Gasteiger partial charge in [0.15, 0.2) is 17.2 Å². The molecule has 6 heteroatoms. The summed E-state index contributed by atoms with van der Waals surface area (Å²) in [4.78, 5) is 14.1. The molecule has 138 valence electrons. The standard InChI is InChI=1S/C20H22F2N2O2/c21-17-9-4-8-16(18(17)22)13-24-11-5-10-20(26,19(24)25)14-23-12-15-6-2-1-3-7-15/h1-4,6-9,23,26H,5,10-14H2/t20-/m1/s1. The van der Waals surface area contributed by atoms with E-state index in [1.165, 1.54) is 17.0 Å². The molecular weight excluding hydrogens is 338 g/mol. The van der Waals surface area contributed by atoms with Crippen LogP contribution >= 0.6 is 0 Å². The quantitative estimate of drug-likeness (QED) is 0.833. The first kappa shape index (κ1) is 18.5. The van der Waals surface area contributed by atoms with E-state index in [9.17, 15) is 18.7 Å². The minimum absolute atomic E-state index is 0.0522. The largest absolute Gasteiger partial charge is 0.379 e. The minimum Gasteiger partial charge on any atom is -0.379 e. The van der Waals surface area contributed by atoms with Gasteiger partial charge < -0.3 is 15.3 Å². The average molecular weight is 360 g/mol. The molecule has 2 N–H and O–H groups in total. The van der Waals surface area contributed by atoms with Gasteiger partial charge in [0.25, 0.3) is 5.91 Å². The van der Waals surface area contributed by atoms with Crippen LogP contribution in [0.2, 0.25) is 0 Å². The van der Waals surface area contributed by atoms with Crippen LogP contribution in [0.15, 0.2) is 48.5 Å². The number of benzene rings is 2. The van der Waals surface area contributed by atoms with Gasteiger partial charge in [-0.3, -0.25) is 4.79 Å². The van der Waals surface area contributed by atoms with Crippen LogP contribution < -0.4 is 5.32 Å². The third kappa shape index (κ3) is 4.08. The van der Waals surface area contributed by atoms with E-state index in [1.54, 1.807) is 0 Å². The molecule has 1 atom stereocenters. The molecule has 1 aliphatic rings. The number of nitrogens with one attached hydrogen (secondary N) is 1. The molecule has 2 aromatic carbocycles. The van der Waals surface area contributed by atoms with E-state index in [-0.39, 0.29) is 18.7 Å². The summed E-state index contributed by atoms with van der Waals surface area (Å²) in [5.74, 6) is -2.34. The Morgan fingerprint density at radius 1 is 1.12 bits per heavy atom. The van der Waals surface area contributed by atoms with Crippen molar-refractivity contribution >= 4 is 5.91 Å². The van der Waals surface area contributed by atoms with E-state index < -0.39 is 23.1 Å². The van der Waals surface area contributed by atoms with Crippen molar-refractivity contribution < 1.29 is 18.7 Å². The zero-order valence-corrected chi connectivity index (χ0v) is 14.4. The maximum absolute atomic E-state index is 13.9. The number of amides is 1. The van der Waals surface area contributed by atoms with Gasteiger partial charge in [-0.2, -0.15) is 0 Å². The number of carbonyl (C=O) groups excluding carboxylic acids is 1. The van der Waals surface area contributed by atoms with Crippen LogP contribution in [-0.4, -0.2) is 34.6 Å². The predicted molar refractivity (Wildman–Crippen MR) is 94.1 cm³/mol. The maximum atomic E-state index is 13.9. The van der Waals surface area contributed by atoms with E-state index in [0.29, 0.717) is 25.9 Å². The van der Waals surface area contributed by atoms with Gasteiger partial charge in [-0.15, -0.1) is 0 Å². The highest BCUT2D eigenvalue weighted by Gasteiger charge is 2.41. The molecule has 0 aliphatic carbocycles. The van der Waals surface area contributed by atoms with Crippen molar-refractivity contribution in [1.29, 1.82) is 0 Å². The Morgan fingerprint density at radius 2 is 1.88 bits per heavy atom. The number of carbonyl (C=O) groups is 1. The fourth-order valence-electron chi connectivity index (χ4n) is 3.27. The lowest BCUT2D eigenvalue weighted by atomic mass is 9.91. The minimum atomic E-state index is -1.53. The zero-order chi connectivity index (χ0) is 18.6. The molecule has 4 nitrogen and oxygen atoms in total. The second-order valence-corrected chi connectivity index (χ2v) is 6.66. The molecular formula is C20H22F2N2O2. The van der Waals surface area contributed by atoms with Gasteiger partial charge in [0.2, 0.25) is 0 Å². The normalized spacial score (nSPS) is 20.4. The van der Waals surface area contributed by atoms with Gasteiger partial charge in [0.05, 0.1) is 0 Å². The summed E-state index contributed by atoms with van der Waals surface area (Å²) in [6.45, 7) is 1.01. The monoisotopic (exact) mass is 360 g/mol. The van der Waals surface area contributed by atoms with Gasteiger partial charge in [-0.25, -0.2) is 8.78 Å². The summed E-state index contributed by atoms with van der Waals surface area (Å²) >= 11 is 0. The molecule has 1 saturated heterocycles. The number of hydrogen-bond donors (Lipinski definition) is 2. The highest BCUT2D eigenvalue weighted by Crippen LogP contribution is 2.25. The molecule has 1 aliphatic heterocycles. The molecule has 0 aromatic heterocycles. The van der Waals surface area contributed by atoms with Crippen LogP contribution in [0.5, 0.6) is 0 Å². The number of rotatable bonds is 6. The zero-order valence-electron chi connectivity index (χ0n) is 14.4. The van der Waals surface area contributed by atoms with Gasteiger partial charge in [-0.1, -0.05) is 42.5 Å². The molecule has 2 aromatic rings. The number of nitrogens with zero attached hydrogens (tertiary/aromatic N) is 1. The Kier molecular flexibility index (Phi) is 5.64. The highest BCUT2D eigenvalue weighted by atomic mass is 19.2. The van der Waals surface area contributed by atoms with E-state index in [2.05, 4.69) is 5.32 Å². The van der Waals surface area contributed by atoms with Crippen LogP contribution in [0.3, 0.4) is 0 Å². The van der Waals surface area contributed by atoms with E-state index in [4.69, 9.17) is 0 Å². The van der Waals surface area contributed by atoms with Crippen molar-refractivity contribution in [2.24, 2.45) is 0 Å². The first-order valence-electron chi connectivity index (χ1n) is 8.69. The Balaban J connectivity index is 1.63. The van der Waals surface area contributed by atoms with Gasteiger partial charge in [0.1, 0.15) is 0 Å². The Morgan fingerprint density at radius 3 is 2.65 bits per heavy atom. The van der Waals surface area contributed by atoms with Crippen molar-refractivity contribution in [1.82, 2.24) is 10.2 Å². The summed E-state index contributed by atoms with van der Waals surface area (Å²) in [6, 6.07) is 13.6. The van der Waals surface area contributed by atoms with Crippen molar-refractivity contribution in [2.45, 2.75) is 31.5 Å². The van der Waals surface area contributed by atoms with Crippen LogP contribution in [0.1, 0.15) is 24.0 Å². The summed E-state index contributed by atoms with van der Waals surface area (Å²) < 4.78 is 27.3. The SMILES string of the molecule is O=C1N(Cc2cccc(F)c2F)CCC[C@@]1(O)CNCc1ccccc1. The number of halogens is 2. The van der Waals surface area contributed by atoms with E-state index in [0.717, 1.165) is 11.6 Å².